The van der Waals surface area contributed by atoms with E-state index in [9.17, 15) is 18.0 Å². The molecule has 0 unspecified atom stereocenters. The molecule has 4 aromatic rings. The van der Waals surface area contributed by atoms with E-state index >= 15 is 0 Å². The van der Waals surface area contributed by atoms with Crippen LogP contribution in [0, 0.1) is 25.7 Å². The molecular formula is C26H21F3N4O. The minimum Gasteiger partial charge on any atom is -0.327 e. The Hall–Kier alpha value is -4.12. The smallest absolute Gasteiger partial charge is 0.327 e. The topological polar surface area (TPSA) is 52.7 Å². The Labute approximate surface area is 194 Å². The Bertz CT molecular complexity index is 1430. The van der Waals surface area contributed by atoms with Crippen molar-refractivity contribution in [3.8, 4) is 17.5 Å². The Balaban J connectivity index is 1.65. The molecule has 0 aliphatic rings. The van der Waals surface area contributed by atoms with Crippen LogP contribution in [0.5, 0.6) is 0 Å². The summed E-state index contributed by atoms with van der Waals surface area (Å²) < 4.78 is 43.9. The highest BCUT2D eigenvalue weighted by Gasteiger charge is 2.31. The van der Waals surface area contributed by atoms with Gasteiger partial charge in [-0.3, -0.25) is 4.79 Å². The third kappa shape index (κ3) is 5.09. The maximum Gasteiger partial charge on any atom is 0.416 e. The third-order valence-electron chi connectivity index (χ3n) is 5.38. The van der Waals surface area contributed by atoms with Crippen molar-refractivity contribution in [1.82, 2.24) is 19.1 Å². The fourth-order valence-corrected chi connectivity index (χ4v) is 3.48. The molecule has 34 heavy (non-hydrogen) atoms. The predicted molar refractivity (Wildman–Crippen MR) is 122 cm³/mol. The average Bonchev–Trinajstić information content (AvgIpc) is 3.40. The second kappa shape index (κ2) is 9.02. The first-order valence-electron chi connectivity index (χ1n) is 10.4. The van der Waals surface area contributed by atoms with Gasteiger partial charge in [-0.2, -0.15) is 13.2 Å². The highest BCUT2D eigenvalue weighted by molar-refractivity contribution is 5.98. The molecule has 0 N–H and O–H groups in total. The summed E-state index contributed by atoms with van der Waals surface area (Å²) in [5.74, 6) is 5.78. The molecule has 0 atom stereocenters. The van der Waals surface area contributed by atoms with Crippen molar-refractivity contribution in [3.05, 3.63) is 101 Å². The molecule has 172 valence electrons. The number of alkyl halides is 3. The van der Waals surface area contributed by atoms with E-state index in [0.29, 0.717) is 22.5 Å². The van der Waals surface area contributed by atoms with Gasteiger partial charge in [0.05, 0.1) is 30.1 Å². The van der Waals surface area contributed by atoms with Gasteiger partial charge in [-0.15, -0.1) is 0 Å². The van der Waals surface area contributed by atoms with Crippen molar-refractivity contribution in [1.29, 1.82) is 0 Å². The zero-order valence-electron chi connectivity index (χ0n) is 18.8. The molecule has 0 spiro atoms. The maximum absolute atomic E-state index is 13.5. The SMILES string of the molecule is Cc1cn(-c2cc(CC(=O)c3ccc(C)c(C#Cc4cncn4C)c3)cc(C(F)(F)F)c2)cn1. The Morgan fingerprint density at radius 2 is 1.85 bits per heavy atom. The van der Waals surface area contributed by atoms with Gasteiger partial charge in [0.25, 0.3) is 0 Å². The van der Waals surface area contributed by atoms with Crippen LogP contribution in [0.15, 0.2) is 61.4 Å². The molecule has 0 aliphatic heterocycles. The lowest BCUT2D eigenvalue weighted by atomic mass is 9.97. The van der Waals surface area contributed by atoms with E-state index in [2.05, 4.69) is 21.8 Å². The highest BCUT2D eigenvalue weighted by atomic mass is 19.4. The van der Waals surface area contributed by atoms with Crippen molar-refractivity contribution >= 4 is 5.78 Å². The number of Topliss-reactive ketones (excluding diaryl/α,β-unsaturated/α-hetero) is 1. The van der Waals surface area contributed by atoms with E-state index in [1.165, 1.54) is 10.9 Å². The summed E-state index contributed by atoms with van der Waals surface area (Å²) in [4.78, 5) is 21.1. The van der Waals surface area contributed by atoms with Crippen LogP contribution in [0.2, 0.25) is 0 Å². The number of imidazole rings is 2. The average molecular weight is 462 g/mol. The van der Waals surface area contributed by atoms with Crippen LogP contribution < -0.4 is 0 Å². The first-order chi connectivity index (χ1) is 16.1. The van der Waals surface area contributed by atoms with Crippen LogP contribution in [0.3, 0.4) is 0 Å². The number of halogens is 3. The van der Waals surface area contributed by atoms with Gasteiger partial charge in [-0.05, 0) is 55.2 Å². The lowest BCUT2D eigenvalue weighted by Gasteiger charge is -2.13. The maximum atomic E-state index is 13.5. The monoisotopic (exact) mass is 462 g/mol. The van der Waals surface area contributed by atoms with Crippen LogP contribution in [-0.2, 0) is 19.6 Å². The standard InChI is InChI=1S/C26H21F3N4O/c1-17-4-5-21(11-20(17)6-7-23-13-30-15-32(23)3)25(34)10-19-8-22(26(27,28)29)12-24(9-19)33-14-18(2)31-16-33/h4-5,8-9,11-16H,10H2,1-3H3. The van der Waals surface area contributed by atoms with Gasteiger partial charge in [0, 0.05) is 36.5 Å². The number of nitrogens with zero attached hydrogens (tertiary/aromatic N) is 4. The van der Waals surface area contributed by atoms with Gasteiger partial charge in [0.2, 0.25) is 0 Å². The molecule has 0 saturated carbocycles. The Morgan fingerprint density at radius 3 is 2.50 bits per heavy atom. The lowest BCUT2D eigenvalue weighted by Crippen LogP contribution is -2.10. The molecule has 4 rings (SSSR count). The number of ketones is 1. The van der Waals surface area contributed by atoms with Gasteiger partial charge in [0.15, 0.2) is 5.78 Å². The summed E-state index contributed by atoms with van der Waals surface area (Å²) in [6.45, 7) is 3.63. The van der Waals surface area contributed by atoms with Crippen LogP contribution in [0.25, 0.3) is 5.69 Å². The number of benzene rings is 2. The van der Waals surface area contributed by atoms with E-state index in [1.54, 1.807) is 54.5 Å². The van der Waals surface area contributed by atoms with Gasteiger partial charge >= 0.3 is 6.18 Å². The lowest BCUT2D eigenvalue weighted by molar-refractivity contribution is -0.137. The van der Waals surface area contributed by atoms with Crippen molar-refractivity contribution in [2.24, 2.45) is 7.05 Å². The minimum atomic E-state index is -4.54. The third-order valence-corrected chi connectivity index (χ3v) is 5.38. The van der Waals surface area contributed by atoms with Crippen molar-refractivity contribution in [2.45, 2.75) is 26.4 Å². The number of hydrogen-bond donors (Lipinski definition) is 0. The van der Waals surface area contributed by atoms with Crippen LogP contribution >= 0.6 is 0 Å². The van der Waals surface area contributed by atoms with Gasteiger partial charge in [-0.25, -0.2) is 9.97 Å². The number of hydrogen-bond acceptors (Lipinski definition) is 3. The molecule has 2 heterocycles. The number of carbonyl (C=O) groups is 1. The van der Waals surface area contributed by atoms with E-state index in [4.69, 9.17) is 0 Å². The Kier molecular flexibility index (Phi) is 6.12. The highest BCUT2D eigenvalue weighted by Crippen LogP contribution is 2.32. The molecule has 0 amide bonds. The molecule has 8 heteroatoms. The number of rotatable bonds is 4. The molecule has 5 nitrogen and oxygen atoms in total. The molecule has 0 fully saturated rings. The molecular weight excluding hydrogens is 441 g/mol. The van der Waals surface area contributed by atoms with Crippen LogP contribution in [0.4, 0.5) is 13.2 Å². The minimum absolute atomic E-state index is 0.178. The molecule has 2 aromatic carbocycles. The Morgan fingerprint density at radius 1 is 1.06 bits per heavy atom. The van der Waals surface area contributed by atoms with E-state index in [0.717, 1.165) is 23.4 Å². The first-order valence-corrected chi connectivity index (χ1v) is 10.4. The van der Waals surface area contributed by atoms with E-state index in [1.807, 2.05) is 14.0 Å². The second-order valence-corrected chi connectivity index (χ2v) is 8.08. The summed E-state index contributed by atoms with van der Waals surface area (Å²) in [5, 5.41) is 0. The largest absolute Gasteiger partial charge is 0.416 e. The normalized spacial score (nSPS) is 11.2. The molecule has 2 aromatic heterocycles. The number of aryl methyl sites for hydroxylation is 3. The number of carbonyl (C=O) groups excluding carboxylic acids is 1. The van der Waals surface area contributed by atoms with Crippen molar-refractivity contribution in [2.75, 3.05) is 0 Å². The van der Waals surface area contributed by atoms with Gasteiger partial charge < -0.3 is 9.13 Å². The fourth-order valence-electron chi connectivity index (χ4n) is 3.48. The van der Waals surface area contributed by atoms with Crippen LogP contribution in [-0.4, -0.2) is 24.9 Å². The quantitative estimate of drug-likeness (QED) is 0.315. The summed E-state index contributed by atoms with van der Waals surface area (Å²) in [7, 11) is 1.83. The summed E-state index contributed by atoms with van der Waals surface area (Å²) in [5.41, 5.74) is 3.10. The summed E-state index contributed by atoms with van der Waals surface area (Å²) in [6, 6.07) is 8.77. The zero-order valence-corrected chi connectivity index (χ0v) is 18.8. The summed E-state index contributed by atoms with van der Waals surface area (Å²) in [6.07, 6.45) is 1.65. The zero-order chi connectivity index (χ0) is 24.5. The van der Waals surface area contributed by atoms with Crippen molar-refractivity contribution in [3.63, 3.8) is 0 Å². The van der Waals surface area contributed by atoms with Crippen molar-refractivity contribution < 1.29 is 18.0 Å². The molecule has 0 radical (unpaired) electrons. The van der Waals surface area contributed by atoms with Gasteiger partial charge in [0.1, 0.15) is 5.69 Å². The molecule has 0 aliphatic carbocycles. The second-order valence-electron chi connectivity index (χ2n) is 8.08. The van der Waals surface area contributed by atoms with E-state index < -0.39 is 11.7 Å². The number of aromatic nitrogens is 4. The fraction of sp³-hybridized carbons (Fsp3) is 0.192. The molecule has 0 bridgehead atoms. The summed E-state index contributed by atoms with van der Waals surface area (Å²) >= 11 is 0. The first kappa shape index (κ1) is 23.1. The molecule has 0 saturated heterocycles. The van der Waals surface area contributed by atoms with Crippen LogP contribution in [0.1, 0.15) is 44.0 Å². The van der Waals surface area contributed by atoms with E-state index in [-0.39, 0.29) is 17.8 Å². The van der Waals surface area contributed by atoms with Gasteiger partial charge in [-0.1, -0.05) is 18.1 Å². The predicted octanol–water partition coefficient (Wildman–Crippen LogP) is 5.07.